The average Bonchev–Trinajstić information content (AvgIpc) is 2.46. The lowest BCUT2D eigenvalue weighted by molar-refractivity contribution is -0.145. The molecule has 0 aromatic rings. The van der Waals surface area contributed by atoms with E-state index in [2.05, 4.69) is 6.92 Å². The van der Waals surface area contributed by atoms with Gasteiger partial charge in [0.05, 0.1) is 11.2 Å². The predicted molar refractivity (Wildman–Crippen MR) is 88.7 cm³/mol. The third kappa shape index (κ3) is 4.92. The van der Waals surface area contributed by atoms with Gasteiger partial charge in [-0.2, -0.15) is 8.42 Å². The normalized spacial score (nSPS) is 39.1. The highest BCUT2D eigenvalue weighted by Crippen LogP contribution is 2.40. The molecule has 6 heteroatoms. The zero-order valence-corrected chi connectivity index (χ0v) is 15.0. The zero-order valence-electron chi connectivity index (χ0n) is 14.1. The molecule has 134 valence electrons. The van der Waals surface area contributed by atoms with Gasteiger partial charge in [-0.3, -0.25) is 9.35 Å². The van der Waals surface area contributed by atoms with Crippen LogP contribution < -0.4 is 0 Å². The van der Waals surface area contributed by atoms with Gasteiger partial charge in [0.15, 0.2) is 0 Å². The molecule has 2 rings (SSSR count). The smallest absolute Gasteiger partial charge is 0.306 e. The van der Waals surface area contributed by atoms with Crippen molar-refractivity contribution in [1.29, 1.82) is 0 Å². The standard InChI is InChI=1S/C17H30O5S/c1-11-3-7-14(15(9-11)17(18)19)8-6-13-5-4-12(2)16(10-13)23(20,21)22/h11-16H,3-10H2,1-2H3,(H,18,19)(H,20,21,22). The first-order valence-corrected chi connectivity index (χ1v) is 10.4. The van der Waals surface area contributed by atoms with Gasteiger partial charge in [-0.25, -0.2) is 0 Å². The van der Waals surface area contributed by atoms with Crippen molar-refractivity contribution in [2.24, 2.45) is 29.6 Å². The van der Waals surface area contributed by atoms with Gasteiger partial charge in [0, 0.05) is 0 Å². The minimum atomic E-state index is -3.98. The Morgan fingerprint density at radius 2 is 1.74 bits per heavy atom. The molecule has 0 aromatic heterocycles. The van der Waals surface area contributed by atoms with Crippen LogP contribution in [0, 0.1) is 29.6 Å². The summed E-state index contributed by atoms with van der Waals surface area (Å²) >= 11 is 0. The van der Waals surface area contributed by atoms with E-state index in [0.29, 0.717) is 12.3 Å². The van der Waals surface area contributed by atoms with Crippen molar-refractivity contribution in [2.45, 2.75) is 70.5 Å². The third-order valence-corrected chi connectivity index (χ3v) is 7.55. The quantitative estimate of drug-likeness (QED) is 0.742. The van der Waals surface area contributed by atoms with E-state index in [0.717, 1.165) is 44.9 Å². The van der Waals surface area contributed by atoms with Crippen LogP contribution in [0.4, 0.5) is 0 Å². The minimum Gasteiger partial charge on any atom is -0.481 e. The van der Waals surface area contributed by atoms with Crippen molar-refractivity contribution in [3.05, 3.63) is 0 Å². The Morgan fingerprint density at radius 3 is 2.35 bits per heavy atom. The second kappa shape index (κ2) is 7.51. The van der Waals surface area contributed by atoms with Crippen molar-refractivity contribution in [3.8, 4) is 0 Å². The average molecular weight is 346 g/mol. The van der Waals surface area contributed by atoms with E-state index in [-0.39, 0.29) is 23.7 Å². The van der Waals surface area contributed by atoms with Gasteiger partial charge in [0.2, 0.25) is 0 Å². The van der Waals surface area contributed by atoms with Crippen LogP contribution in [-0.2, 0) is 14.9 Å². The predicted octanol–water partition coefficient (Wildman–Crippen LogP) is 3.60. The van der Waals surface area contributed by atoms with Crippen LogP contribution in [0.3, 0.4) is 0 Å². The zero-order chi connectivity index (χ0) is 17.2. The first kappa shape index (κ1) is 18.7. The Labute approximate surface area is 139 Å². The lowest BCUT2D eigenvalue weighted by Gasteiger charge is -2.35. The molecule has 23 heavy (non-hydrogen) atoms. The summed E-state index contributed by atoms with van der Waals surface area (Å²) in [6, 6.07) is 0. The minimum absolute atomic E-state index is 0.00329. The number of rotatable bonds is 5. The molecule has 0 saturated heterocycles. The van der Waals surface area contributed by atoms with Crippen LogP contribution in [0.25, 0.3) is 0 Å². The Hall–Kier alpha value is -0.620. The van der Waals surface area contributed by atoms with Gasteiger partial charge in [-0.1, -0.05) is 33.1 Å². The topological polar surface area (TPSA) is 91.7 Å². The molecule has 6 unspecified atom stereocenters. The summed E-state index contributed by atoms with van der Waals surface area (Å²) in [5.74, 6) is 0.0442. The summed E-state index contributed by atoms with van der Waals surface area (Å²) in [4.78, 5) is 11.5. The Kier molecular flexibility index (Phi) is 6.11. The molecule has 0 radical (unpaired) electrons. The molecule has 5 nitrogen and oxygen atoms in total. The summed E-state index contributed by atoms with van der Waals surface area (Å²) in [6.07, 6.45) is 6.86. The summed E-state index contributed by atoms with van der Waals surface area (Å²) in [5, 5.41) is 8.78. The van der Waals surface area contributed by atoms with Crippen molar-refractivity contribution in [2.75, 3.05) is 0 Å². The van der Waals surface area contributed by atoms with E-state index in [1.165, 1.54) is 0 Å². The Bertz CT molecular complexity index is 515. The molecule has 0 heterocycles. The second-order valence-corrected chi connectivity index (χ2v) is 9.55. The molecule has 0 aromatic carbocycles. The Balaban J connectivity index is 1.91. The van der Waals surface area contributed by atoms with Gasteiger partial charge >= 0.3 is 5.97 Å². The van der Waals surface area contributed by atoms with E-state index in [4.69, 9.17) is 0 Å². The van der Waals surface area contributed by atoms with Gasteiger partial charge in [0.25, 0.3) is 10.1 Å². The molecule has 0 spiro atoms. The summed E-state index contributed by atoms with van der Waals surface area (Å²) < 4.78 is 32.4. The van der Waals surface area contributed by atoms with Crippen molar-refractivity contribution < 1.29 is 22.9 Å². The number of hydrogen-bond donors (Lipinski definition) is 2. The van der Waals surface area contributed by atoms with Gasteiger partial charge < -0.3 is 5.11 Å². The van der Waals surface area contributed by atoms with Gasteiger partial charge in [-0.05, 0) is 55.8 Å². The summed E-state index contributed by atoms with van der Waals surface area (Å²) in [6.45, 7) is 4.00. The molecule has 2 fully saturated rings. The number of carbonyl (C=O) groups is 1. The molecule has 2 N–H and O–H groups in total. The SMILES string of the molecule is CC1CCC(CCC2CCC(C)C(S(=O)(=O)O)C2)C(C(=O)O)C1. The number of carboxylic acid groups (broad SMARTS) is 1. The fourth-order valence-electron chi connectivity index (χ4n) is 4.58. The van der Waals surface area contributed by atoms with Gasteiger partial charge in [0.1, 0.15) is 0 Å². The first-order valence-electron chi connectivity index (χ1n) is 8.87. The van der Waals surface area contributed by atoms with Crippen LogP contribution in [0.15, 0.2) is 0 Å². The fourth-order valence-corrected chi connectivity index (χ4v) is 5.82. The summed E-state index contributed by atoms with van der Waals surface area (Å²) in [5.41, 5.74) is 0. The molecule has 0 amide bonds. The molecule has 2 aliphatic rings. The molecule has 6 atom stereocenters. The lowest BCUT2D eigenvalue weighted by Crippen LogP contribution is -2.35. The highest BCUT2D eigenvalue weighted by Gasteiger charge is 2.37. The maximum Gasteiger partial charge on any atom is 0.306 e. The van der Waals surface area contributed by atoms with E-state index < -0.39 is 21.3 Å². The van der Waals surface area contributed by atoms with Crippen LogP contribution >= 0.6 is 0 Å². The van der Waals surface area contributed by atoms with E-state index in [9.17, 15) is 22.9 Å². The Morgan fingerprint density at radius 1 is 1.04 bits per heavy atom. The number of carboxylic acids is 1. The third-order valence-electron chi connectivity index (χ3n) is 6.13. The van der Waals surface area contributed by atoms with Crippen molar-refractivity contribution >= 4 is 16.1 Å². The molecule has 0 bridgehead atoms. The van der Waals surface area contributed by atoms with Gasteiger partial charge in [-0.15, -0.1) is 0 Å². The van der Waals surface area contributed by atoms with Crippen molar-refractivity contribution in [1.82, 2.24) is 0 Å². The monoisotopic (exact) mass is 346 g/mol. The van der Waals surface area contributed by atoms with Crippen molar-refractivity contribution in [3.63, 3.8) is 0 Å². The number of hydrogen-bond acceptors (Lipinski definition) is 3. The van der Waals surface area contributed by atoms with Crippen LogP contribution in [0.1, 0.15) is 65.2 Å². The first-order chi connectivity index (χ1) is 10.7. The molecule has 2 aliphatic carbocycles. The largest absolute Gasteiger partial charge is 0.481 e. The van der Waals surface area contributed by atoms with Crippen LogP contribution in [0.5, 0.6) is 0 Å². The summed E-state index contributed by atoms with van der Waals surface area (Å²) in [7, 11) is -3.98. The molecule has 2 saturated carbocycles. The van der Waals surface area contributed by atoms with E-state index in [1.807, 2.05) is 6.92 Å². The molecular formula is C17H30O5S. The highest BCUT2D eigenvalue weighted by molar-refractivity contribution is 7.86. The van der Waals surface area contributed by atoms with Crippen LogP contribution in [-0.4, -0.2) is 29.3 Å². The van der Waals surface area contributed by atoms with E-state index in [1.54, 1.807) is 0 Å². The maximum absolute atomic E-state index is 11.5. The van der Waals surface area contributed by atoms with Crippen LogP contribution in [0.2, 0.25) is 0 Å². The molecule has 0 aliphatic heterocycles. The highest BCUT2D eigenvalue weighted by atomic mass is 32.2. The second-order valence-electron chi connectivity index (χ2n) is 7.91. The lowest BCUT2D eigenvalue weighted by atomic mass is 9.71. The number of aliphatic carboxylic acids is 1. The fraction of sp³-hybridized carbons (Fsp3) is 0.941. The maximum atomic E-state index is 11.5. The van der Waals surface area contributed by atoms with E-state index >= 15 is 0 Å². The molecular weight excluding hydrogens is 316 g/mol.